The van der Waals surface area contributed by atoms with Gasteiger partial charge in [0.15, 0.2) is 6.23 Å². The average molecular weight is 673 g/mol. The highest BCUT2D eigenvalue weighted by Gasteiger charge is 2.32. The summed E-state index contributed by atoms with van der Waals surface area (Å²) in [7, 11) is 0. The molecule has 12 heteroatoms. The van der Waals surface area contributed by atoms with E-state index >= 15 is 0 Å². The van der Waals surface area contributed by atoms with Gasteiger partial charge in [-0.3, -0.25) is 14.7 Å². The predicted molar refractivity (Wildman–Crippen MR) is 180 cm³/mol. The maximum Gasteiger partial charge on any atom is 0.354 e. The van der Waals surface area contributed by atoms with Crippen LogP contribution in [0, 0.1) is 0 Å². The Morgan fingerprint density at radius 2 is 1.96 bits per heavy atom. The third-order valence-corrected chi connectivity index (χ3v) is 8.49. The number of amides is 1. The molecule has 6 rings (SSSR count). The van der Waals surface area contributed by atoms with Crippen molar-refractivity contribution in [1.29, 1.82) is 0 Å². The second-order valence-electron chi connectivity index (χ2n) is 11.0. The van der Waals surface area contributed by atoms with Crippen molar-refractivity contribution in [2.45, 2.75) is 25.8 Å². The first kappa shape index (κ1) is 32.2. The highest BCUT2D eigenvalue weighted by atomic mass is 35.5. The molecule has 1 aliphatic rings. The number of nitrogens with one attached hydrogen (secondary N) is 1. The average Bonchev–Trinajstić information content (AvgIpc) is 3.54. The number of benzene rings is 2. The van der Waals surface area contributed by atoms with Crippen molar-refractivity contribution < 1.29 is 24.2 Å². The number of fused-ring (bicyclic) bond motifs is 1. The smallest absolute Gasteiger partial charge is 0.354 e. The lowest BCUT2D eigenvalue weighted by molar-refractivity contribution is -0.116. The molecular weight excluding hydrogens is 641 g/mol. The minimum absolute atomic E-state index is 0.0182. The Bertz CT molecular complexity index is 1940. The van der Waals surface area contributed by atoms with E-state index in [0.29, 0.717) is 52.3 Å². The minimum Gasteiger partial charge on any atom is -0.477 e. The molecule has 47 heavy (non-hydrogen) atoms. The van der Waals surface area contributed by atoms with Crippen LogP contribution in [0.2, 0.25) is 10.0 Å². The largest absolute Gasteiger partial charge is 0.477 e. The van der Waals surface area contributed by atoms with Crippen LogP contribution < -0.4 is 10.1 Å². The molecule has 0 saturated carbocycles. The van der Waals surface area contributed by atoms with Crippen LogP contribution in [0.3, 0.4) is 0 Å². The molecule has 0 bridgehead atoms. The normalized spacial score (nSPS) is 15.9. The third-order valence-electron chi connectivity index (χ3n) is 7.76. The first-order valence-electron chi connectivity index (χ1n) is 14.9. The second-order valence-corrected chi connectivity index (χ2v) is 11.8. The van der Waals surface area contributed by atoms with E-state index in [2.05, 4.69) is 20.2 Å². The molecule has 2 atom stereocenters. The molecule has 5 aromatic rings. The molecule has 240 valence electrons. The summed E-state index contributed by atoms with van der Waals surface area (Å²) in [6.07, 6.45) is 7.27. The number of ether oxygens (including phenoxy) is 2. The summed E-state index contributed by atoms with van der Waals surface area (Å²) in [6.45, 7) is 3.98. The molecule has 3 aromatic heterocycles. The summed E-state index contributed by atoms with van der Waals surface area (Å²) < 4.78 is 14.5. The van der Waals surface area contributed by atoms with Gasteiger partial charge in [0.2, 0.25) is 5.91 Å². The van der Waals surface area contributed by atoms with Crippen molar-refractivity contribution >= 4 is 52.1 Å². The number of halogens is 2. The number of hydrogen-bond acceptors (Lipinski definition) is 7. The van der Waals surface area contributed by atoms with Crippen molar-refractivity contribution in [3.05, 3.63) is 124 Å². The Labute approximate surface area is 281 Å². The number of morpholine rings is 1. The van der Waals surface area contributed by atoms with Gasteiger partial charge in [-0.15, -0.1) is 0 Å². The molecule has 2 aromatic carbocycles. The highest BCUT2D eigenvalue weighted by Crippen LogP contribution is 2.40. The molecule has 1 aliphatic heterocycles. The number of carbonyl (C=O) groups excluding carboxylic acids is 1. The van der Waals surface area contributed by atoms with Gasteiger partial charge in [0.25, 0.3) is 0 Å². The van der Waals surface area contributed by atoms with Crippen LogP contribution in [0.15, 0.2) is 91.4 Å². The van der Waals surface area contributed by atoms with E-state index in [-0.39, 0.29) is 24.2 Å². The SMILES string of the molecule is CC1CN(C(Oc2cccc3cccnc23)c2c(Cl)ccc(-n3cccc3CNC(=O)/C=C/c3ccc(C(=O)O)nc3)c2Cl)CCO1. The Morgan fingerprint density at radius 1 is 1.11 bits per heavy atom. The molecule has 4 heterocycles. The molecular formula is C35H31Cl2N5O5. The maximum atomic E-state index is 12.7. The molecule has 0 aliphatic carbocycles. The summed E-state index contributed by atoms with van der Waals surface area (Å²) >= 11 is 14.1. The third kappa shape index (κ3) is 7.31. The summed E-state index contributed by atoms with van der Waals surface area (Å²) in [4.78, 5) is 34.3. The molecule has 0 spiro atoms. The van der Waals surface area contributed by atoms with E-state index in [1.807, 2.05) is 66.2 Å². The highest BCUT2D eigenvalue weighted by molar-refractivity contribution is 6.37. The Balaban J connectivity index is 1.27. The standard InChI is InChI=1S/C35H31Cl2N5O5/c1-22-21-41(17-18-46-22)34(47-29-8-2-5-24-6-3-15-38-33(24)29)31-26(36)11-13-28(32(31)37)42-16-4-7-25(42)20-40-30(43)14-10-23-9-12-27(35(44)45)39-19-23/h2-16,19,22,34H,17-18,20-21H2,1H3,(H,40,43)(H,44,45)/b14-10+. The monoisotopic (exact) mass is 671 g/mol. The Hall–Kier alpha value is -4.74. The minimum atomic E-state index is -1.12. The molecule has 1 fully saturated rings. The fourth-order valence-electron chi connectivity index (χ4n) is 5.47. The number of carbonyl (C=O) groups is 2. The van der Waals surface area contributed by atoms with E-state index < -0.39 is 12.2 Å². The summed E-state index contributed by atoms with van der Waals surface area (Å²) in [6, 6.07) is 20.0. The van der Waals surface area contributed by atoms with Gasteiger partial charge in [0.05, 0.1) is 35.0 Å². The molecule has 1 saturated heterocycles. The van der Waals surface area contributed by atoms with Crippen LogP contribution in [0.4, 0.5) is 0 Å². The van der Waals surface area contributed by atoms with E-state index in [9.17, 15) is 9.59 Å². The number of rotatable bonds is 10. The lowest BCUT2D eigenvalue weighted by Crippen LogP contribution is -2.45. The van der Waals surface area contributed by atoms with Crippen LogP contribution in [-0.4, -0.2) is 62.2 Å². The van der Waals surface area contributed by atoms with E-state index in [4.69, 9.17) is 37.8 Å². The van der Waals surface area contributed by atoms with Crippen molar-refractivity contribution in [1.82, 2.24) is 24.8 Å². The van der Waals surface area contributed by atoms with Gasteiger partial charge >= 0.3 is 5.97 Å². The van der Waals surface area contributed by atoms with Crippen LogP contribution >= 0.6 is 23.2 Å². The molecule has 2 N–H and O–H groups in total. The fourth-order valence-corrected chi connectivity index (χ4v) is 6.12. The molecule has 1 amide bonds. The van der Waals surface area contributed by atoms with E-state index in [1.54, 1.807) is 24.4 Å². The number of nitrogens with zero attached hydrogens (tertiary/aromatic N) is 4. The van der Waals surface area contributed by atoms with Gasteiger partial charge in [0, 0.05) is 54.4 Å². The van der Waals surface area contributed by atoms with Gasteiger partial charge in [0.1, 0.15) is 17.0 Å². The number of aromatic carboxylic acids is 1. The van der Waals surface area contributed by atoms with E-state index in [1.165, 1.54) is 18.3 Å². The van der Waals surface area contributed by atoms with Crippen LogP contribution in [0.1, 0.15) is 40.5 Å². The number of para-hydroxylation sites is 1. The number of carboxylic acid groups (broad SMARTS) is 1. The van der Waals surface area contributed by atoms with Crippen molar-refractivity contribution in [3.63, 3.8) is 0 Å². The van der Waals surface area contributed by atoms with Gasteiger partial charge in [-0.2, -0.15) is 0 Å². The second kappa shape index (κ2) is 14.4. The Kier molecular flexibility index (Phi) is 9.84. The fraction of sp³-hybridized carbons (Fsp3) is 0.200. The van der Waals surface area contributed by atoms with Crippen molar-refractivity contribution in [2.75, 3.05) is 19.7 Å². The van der Waals surface area contributed by atoms with Crippen LogP contribution in [0.25, 0.3) is 22.7 Å². The van der Waals surface area contributed by atoms with Gasteiger partial charge < -0.3 is 24.5 Å². The number of carboxylic acids is 1. The van der Waals surface area contributed by atoms with E-state index in [0.717, 1.165) is 16.6 Å². The lowest BCUT2D eigenvalue weighted by atomic mass is 10.1. The number of hydrogen-bond donors (Lipinski definition) is 2. The summed E-state index contributed by atoms with van der Waals surface area (Å²) in [5.41, 5.74) is 3.33. The van der Waals surface area contributed by atoms with Gasteiger partial charge in [-0.25, -0.2) is 9.78 Å². The van der Waals surface area contributed by atoms with Gasteiger partial charge in [-0.1, -0.05) is 47.5 Å². The molecule has 2 unspecified atom stereocenters. The first-order chi connectivity index (χ1) is 22.8. The van der Waals surface area contributed by atoms with Crippen molar-refractivity contribution in [2.24, 2.45) is 0 Å². The number of pyridine rings is 2. The zero-order chi connectivity index (χ0) is 32.9. The lowest BCUT2D eigenvalue weighted by Gasteiger charge is -2.38. The Morgan fingerprint density at radius 3 is 2.74 bits per heavy atom. The zero-order valence-electron chi connectivity index (χ0n) is 25.3. The predicted octanol–water partition coefficient (Wildman–Crippen LogP) is 6.55. The molecule has 10 nitrogen and oxygen atoms in total. The molecule has 0 radical (unpaired) electrons. The number of aromatic nitrogens is 3. The maximum absolute atomic E-state index is 12.7. The summed E-state index contributed by atoms with van der Waals surface area (Å²) in [5, 5.41) is 13.7. The topological polar surface area (TPSA) is 119 Å². The van der Waals surface area contributed by atoms with Crippen molar-refractivity contribution in [3.8, 4) is 11.4 Å². The quantitative estimate of drug-likeness (QED) is 0.160. The van der Waals surface area contributed by atoms with Crippen LogP contribution in [0.5, 0.6) is 5.75 Å². The first-order valence-corrected chi connectivity index (χ1v) is 15.7. The van der Waals surface area contributed by atoms with Crippen LogP contribution in [-0.2, 0) is 16.1 Å². The van der Waals surface area contributed by atoms with Gasteiger partial charge in [-0.05, 0) is 61.0 Å². The zero-order valence-corrected chi connectivity index (χ0v) is 26.9. The summed E-state index contributed by atoms with van der Waals surface area (Å²) in [5.74, 6) is -0.840.